The number of nitrogens with zero attached hydrogens (tertiary/aromatic N) is 3. The minimum Gasteiger partial charge on any atom is -0.383 e. The summed E-state index contributed by atoms with van der Waals surface area (Å²) in [5.41, 5.74) is 0. The van der Waals surface area contributed by atoms with Crippen LogP contribution in [-0.2, 0) is 4.74 Å². The van der Waals surface area contributed by atoms with Crippen LogP contribution in [0.15, 0.2) is 4.99 Å². The lowest BCUT2D eigenvalue weighted by atomic mass is 9.99. The normalized spacial score (nSPS) is 22.6. The lowest BCUT2D eigenvalue weighted by Gasteiger charge is -2.30. The monoisotopic (exact) mass is 495 g/mol. The number of hydrogen-bond acceptors (Lipinski definition) is 4. The molecular formula is C20H42IN5O. The molecule has 0 aromatic heterocycles. The third kappa shape index (κ3) is 9.76. The third-order valence-electron chi connectivity index (χ3n) is 5.71. The highest BCUT2D eigenvalue weighted by Crippen LogP contribution is 2.17. The minimum atomic E-state index is 0. The molecule has 0 bridgehead atoms. The van der Waals surface area contributed by atoms with Crippen LogP contribution in [-0.4, -0.2) is 87.9 Å². The van der Waals surface area contributed by atoms with E-state index in [1.807, 2.05) is 0 Å². The second-order valence-corrected chi connectivity index (χ2v) is 7.85. The molecule has 0 spiro atoms. The molecule has 1 unspecified atom stereocenters. The Hall–Kier alpha value is -0.120. The molecule has 27 heavy (non-hydrogen) atoms. The summed E-state index contributed by atoms with van der Waals surface area (Å²) in [7, 11) is 1.78. The Morgan fingerprint density at radius 1 is 1.11 bits per heavy atom. The maximum absolute atomic E-state index is 5.23. The van der Waals surface area contributed by atoms with Crippen LogP contribution in [0.4, 0.5) is 0 Å². The zero-order valence-corrected chi connectivity index (χ0v) is 20.0. The Morgan fingerprint density at radius 2 is 1.89 bits per heavy atom. The van der Waals surface area contributed by atoms with Crippen molar-refractivity contribution in [3.05, 3.63) is 0 Å². The number of piperidine rings is 1. The Kier molecular flexibility index (Phi) is 13.7. The van der Waals surface area contributed by atoms with Crippen molar-refractivity contribution >= 4 is 29.9 Å². The molecule has 0 aromatic carbocycles. The molecule has 6 nitrogen and oxygen atoms in total. The van der Waals surface area contributed by atoms with Crippen LogP contribution in [0, 0.1) is 5.92 Å². The van der Waals surface area contributed by atoms with Gasteiger partial charge in [0.2, 0.25) is 0 Å². The third-order valence-corrected chi connectivity index (χ3v) is 5.71. The first-order chi connectivity index (χ1) is 12.7. The molecule has 1 atom stereocenters. The zero-order chi connectivity index (χ0) is 18.6. The Morgan fingerprint density at radius 3 is 2.59 bits per heavy atom. The van der Waals surface area contributed by atoms with Crippen molar-refractivity contribution in [2.45, 2.75) is 52.0 Å². The summed E-state index contributed by atoms with van der Waals surface area (Å²) in [4.78, 5) is 9.98. The van der Waals surface area contributed by atoms with Gasteiger partial charge in [-0.25, -0.2) is 0 Å². The maximum atomic E-state index is 5.23. The highest BCUT2D eigenvalue weighted by Gasteiger charge is 2.23. The lowest BCUT2D eigenvalue weighted by Crippen LogP contribution is -2.41. The van der Waals surface area contributed by atoms with E-state index in [0.29, 0.717) is 6.04 Å². The van der Waals surface area contributed by atoms with Gasteiger partial charge in [-0.15, -0.1) is 24.0 Å². The van der Waals surface area contributed by atoms with Crippen LogP contribution in [0.2, 0.25) is 0 Å². The summed E-state index contributed by atoms with van der Waals surface area (Å²) < 4.78 is 5.23. The Labute approximate surface area is 183 Å². The van der Waals surface area contributed by atoms with E-state index in [1.54, 1.807) is 7.11 Å². The number of nitrogens with one attached hydrogen (secondary N) is 2. The highest BCUT2D eigenvalue weighted by atomic mass is 127. The van der Waals surface area contributed by atoms with Gasteiger partial charge in [0, 0.05) is 32.8 Å². The first kappa shape index (κ1) is 24.9. The summed E-state index contributed by atoms with van der Waals surface area (Å²) in [5.74, 6) is 1.88. The minimum absolute atomic E-state index is 0. The van der Waals surface area contributed by atoms with Crippen LogP contribution < -0.4 is 10.6 Å². The van der Waals surface area contributed by atoms with Crippen molar-refractivity contribution in [2.75, 3.05) is 66.1 Å². The Balaban J connectivity index is 0.00000364. The van der Waals surface area contributed by atoms with Crippen LogP contribution in [0.1, 0.15) is 46.0 Å². The fourth-order valence-electron chi connectivity index (χ4n) is 3.94. The summed E-state index contributed by atoms with van der Waals surface area (Å²) in [6.07, 6.45) is 6.43. The van der Waals surface area contributed by atoms with Gasteiger partial charge in [-0.3, -0.25) is 9.89 Å². The van der Waals surface area contributed by atoms with Gasteiger partial charge in [0.1, 0.15) is 0 Å². The number of guanidine groups is 1. The predicted octanol–water partition coefficient (Wildman–Crippen LogP) is 2.39. The molecule has 0 saturated carbocycles. The van der Waals surface area contributed by atoms with Crippen molar-refractivity contribution < 1.29 is 4.74 Å². The van der Waals surface area contributed by atoms with E-state index in [2.05, 4.69) is 34.3 Å². The molecule has 2 N–H and O–H groups in total. The van der Waals surface area contributed by atoms with Gasteiger partial charge in [-0.2, -0.15) is 0 Å². The van der Waals surface area contributed by atoms with Gasteiger partial charge in [0.05, 0.1) is 13.2 Å². The number of ether oxygens (including phenoxy) is 1. The van der Waals surface area contributed by atoms with Crippen molar-refractivity contribution in [1.29, 1.82) is 0 Å². The van der Waals surface area contributed by atoms with Crippen molar-refractivity contribution in [3.63, 3.8) is 0 Å². The van der Waals surface area contributed by atoms with E-state index in [0.717, 1.165) is 44.7 Å². The summed E-state index contributed by atoms with van der Waals surface area (Å²) >= 11 is 0. The molecule has 2 saturated heterocycles. The molecule has 2 rings (SSSR count). The Bertz CT molecular complexity index is 402. The SMILES string of the molecule is CCNC(=NCC1CCCN1CCOC)NCCCN1CCC(C)CC1.I. The number of hydrogen-bond donors (Lipinski definition) is 2. The van der Waals surface area contributed by atoms with Crippen molar-refractivity contribution in [3.8, 4) is 0 Å². The molecule has 0 aromatic rings. The average Bonchev–Trinajstić information content (AvgIpc) is 3.10. The number of aliphatic imine (C=N–C) groups is 1. The summed E-state index contributed by atoms with van der Waals surface area (Å²) in [6.45, 7) is 14.1. The molecule has 2 fully saturated rings. The summed E-state index contributed by atoms with van der Waals surface area (Å²) in [6, 6.07) is 0.566. The van der Waals surface area contributed by atoms with E-state index >= 15 is 0 Å². The van der Waals surface area contributed by atoms with Gasteiger partial charge in [0.25, 0.3) is 0 Å². The topological polar surface area (TPSA) is 52.1 Å². The lowest BCUT2D eigenvalue weighted by molar-refractivity contribution is 0.142. The molecule has 2 aliphatic heterocycles. The fourth-order valence-corrected chi connectivity index (χ4v) is 3.94. The largest absolute Gasteiger partial charge is 0.383 e. The molecule has 0 amide bonds. The van der Waals surface area contributed by atoms with E-state index in [-0.39, 0.29) is 24.0 Å². The first-order valence-electron chi connectivity index (χ1n) is 10.7. The number of methoxy groups -OCH3 is 1. The van der Waals surface area contributed by atoms with E-state index < -0.39 is 0 Å². The number of likely N-dealkylation sites (tertiary alicyclic amines) is 2. The van der Waals surface area contributed by atoms with Gasteiger partial charge in [0.15, 0.2) is 5.96 Å². The quantitative estimate of drug-likeness (QED) is 0.211. The highest BCUT2D eigenvalue weighted by molar-refractivity contribution is 14.0. The van der Waals surface area contributed by atoms with Crippen LogP contribution in [0.3, 0.4) is 0 Å². The zero-order valence-electron chi connectivity index (χ0n) is 17.7. The fraction of sp³-hybridized carbons (Fsp3) is 0.950. The van der Waals surface area contributed by atoms with E-state index in [1.165, 1.54) is 58.3 Å². The average molecular weight is 495 g/mol. The van der Waals surface area contributed by atoms with Gasteiger partial charge in [-0.1, -0.05) is 6.92 Å². The van der Waals surface area contributed by atoms with Crippen LogP contribution in [0.25, 0.3) is 0 Å². The van der Waals surface area contributed by atoms with Crippen molar-refractivity contribution in [2.24, 2.45) is 10.9 Å². The predicted molar refractivity (Wildman–Crippen MR) is 125 cm³/mol. The molecule has 0 radical (unpaired) electrons. The summed E-state index contributed by atoms with van der Waals surface area (Å²) in [5, 5.41) is 6.91. The second kappa shape index (κ2) is 14.8. The molecule has 0 aliphatic carbocycles. The molecule has 160 valence electrons. The number of halogens is 1. The van der Waals surface area contributed by atoms with Crippen molar-refractivity contribution in [1.82, 2.24) is 20.4 Å². The maximum Gasteiger partial charge on any atom is 0.191 e. The van der Waals surface area contributed by atoms with E-state index in [4.69, 9.17) is 9.73 Å². The van der Waals surface area contributed by atoms with Gasteiger partial charge in [-0.05, 0) is 71.1 Å². The van der Waals surface area contributed by atoms with Crippen LogP contribution in [0.5, 0.6) is 0 Å². The van der Waals surface area contributed by atoms with E-state index in [9.17, 15) is 0 Å². The first-order valence-corrected chi connectivity index (χ1v) is 10.7. The molecule has 2 aliphatic rings. The van der Waals surface area contributed by atoms with Crippen LogP contribution >= 0.6 is 24.0 Å². The smallest absolute Gasteiger partial charge is 0.191 e. The standard InChI is InChI=1S/C20H41N5O.HI/c1-4-21-20(22-10-6-11-24-13-8-18(2)9-14-24)23-17-19-7-5-12-25(19)15-16-26-3;/h18-19H,4-17H2,1-3H3,(H2,21,22,23);1H. The number of rotatable bonds is 10. The molecule has 2 heterocycles. The van der Waals surface area contributed by atoms with Gasteiger partial charge >= 0.3 is 0 Å². The van der Waals surface area contributed by atoms with Gasteiger partial charge < -0.3 is 20.3 Å². The molecular weight excluding hydrogens is 453 g/mol. The molecule has 7 heteroatoms. The second-order valence-electron chi connectivity index (χ2n) is 7.85.